The molecule has 10 heteroatoms. The van der Waals surface area contributed by atoms with E-state index in [9.17, 15) is 29.0 Å². The number of carbonyl (C=O) groups excluding carboxylic acids is 2. The van der Waals surface area contributed by atoms with Gasteiger partial charge >= 0.3 is 5.97 Å². The number of hydrogen-bond acceptors (Lipinski definition) is 7. The van der Waals surface area contributed by atoms with Crippen LogP contribution in [0.3, 0.4) is 0 Å². The largest absolute Gasteiger partial charge is 0.458 e. The van der Waals surface area contributed by atoms with Gasteiger partial charge in [0.15, 0.2) is 6.10 Å². The van der Waals surface area contributed by atoms with Crippen LogP contribution in [-0.2, 0) is 33.9 Å². The number of ether oxygens (including phenoxy) is 1. The van der Waals surface area contributed by atoms with Gasteiger partial charge in [0.25, 0.3) is 5.56 Å². The van der Waals surface area contributed by atoms with Crippen LogP contribution < -0.4 is 5.56 Å². The Balaban J connectivity index is 0.00000151. The first kappa shape index (κ1) is 27.0. The Hall–Kier alpha value is -3.63. The molecule has 2 N–H and O–H groups in total. The van der Waals surface area contributed by atoms with E-state index in [4.69, 9.17) is 9.72 Å². The number of likely N-dealkylation sites (N-methyl/N-ethyl adjacent to an activating group) is 1. The van der Waals surface area contributed by atoms with Crippen molar-refractivity contribution in [3.63, 3.8) is 0 Å². The van der Waals surface area contributed by atoms with Crippen LogP contribution in [-0.4, -0.2) is 56.2 Å². The first-order valence-corrected chi connectivity index (χ1v) is 13.4. The molecular formula is C29H32FN3O6. The Bertz CT molecular complexity index is 1580. The number of benzene rings is 1. The van der Waals surface area contributed by atoms with Crippen LogP contribution in [0, 0.1) is 12.7 Å². The van der Waals surface area contributed by atoms with Crippen molar-refractivity contribution >= 4 is 22.8 Å². The van der Waals surface area contributed by atoms with Crippen LogP contribution >= 0.6 is 0 Å². The monoisotopic (exact) mass is 537 g/mol. The lowest BCUT2D eigenvalue weighted by atomic mass is 9.78. The molecule has 0 saturated heterocycles. The van der Waals surface area contributed by atoms with Gasteiger partial charge in [-0.25, -0.2) is 14.2 Å². The summed E-state index contributed by atoms with van der Waals surface area (Å²) in [5.74, 6) is -1.64. The molecule has 0 fully saturated rings. The van der Waals surface area contributed by atoms with Crippen LogP contribution in [0.15, 0.2) is 16.9 Å². The Morgan fingerprint density at radius 1 is 1.23 bits per heavy atom. The van der Waals surface area contributed by atoms with E-state index in [2.05, 4.69) is 0 Å². The van der Waals surface area contributed by atoms with Gasteiger partial charge in [-0.15, -0.1) is 0 Å². The summed E-state index contributed by atoms with van der Waals surface area (Å²) in [5.41, 5.74) is 4.68. The second kappa shape index (κ2) is 10.2. The van der Waals surface area contributed by atoms with E-state index < -0.39 is 18.7 Å². The van der Waals surface area contributed by atoms with Gasteiger partial charge in [-0.2, -0.15) is 0 Å². The molecule has 206 valence electrons. The van der Waals surface area contributed by atoms with Crippen LogP contribution in [0.4, 0.5) is 4.39 Å². The van der Waals surface area contributed by atoms with Gasteiger partial charge in [0.05, 0.1) is 29.0 Å². The van der Waals surface area contributed by atoms with Crippen molar-refractivity contribution < 1.29 is 28.9 Å². The molecule has 2 aliphatic heterocycles. The number of fused-ring (bicyclic) bond motifs is 5. The Kier molecular flexibility index (Phi) is 7.02. The molecule has 0 radical (unpaired) electrons. The highest BCUT2D eigenvalue weighted by Crippen LogP contribution is 2.46. The van der Waals surface area contributed by atoms with E-state index in [1.54, 1.807) is 22.5 Å². The van der Waals surface area contributed by atoms with Gasteiger partial charge in [-0.1, -0.05) is 13.8 Å². The fourth-order valence-corrected chi connectivity index (χ4v) is 6.15. The number of pyridine rings is 2. The average Bonchev–Trinajstić information content (AvgIpc) is 3.32. The van der Waals surface area contributed by atoms with Crippen molar-refractivity contribution in [2.24, 2.45) is 0 Å². The lowest BCUT2D eigenvalue weighted by molar-refractivity contribution is -0.157. The van der Waals surface area contributed by atoms with Crippen LogP contribution in [0.25, 0.3) is 22.3 Å². The van der Waals surface area contributed by atoms with Crippen LogP contribution in [0.5, 0.6) is 0 Å². The third kappa shape index (κ3) is 4.04. The zero-order valence-corrected chi connectivity index (χ0v) is 22.5. The van der Waals surface area contributed by atoms with Crippen molar-refractivity contribution in [1.82, 2.24) is 14.5 Å². The highest BCUT2D eigenvalue weighted by molar-refractivity contribution is 5.93. The number of aromatic nitrogens is 2. The maximum absolute atomic E-state index is 14.9. The lowest BCUT2D eigenvalue weighted by Gasteiger charge is -2.32. The van der Waals surface area contributed by atoms with Crippen molar-refractivity contribution in [2.75, 3.05) is 19.7 Å². The second-order valence-electron chi connectivity index (χ2n) is 9.90. The number of halogens is 1. The van der Waals surface area contributed by atoms with Crippen LogP contribution in [0.2, 0.25) is 0 Å². The minimum Gasteiger partial charge on any atom is -0.458 e. The SMILES string of the molecule is CC.CCN(CC1CCc2c(C)c(F)cc3nc4c(c1c23)Cn1c-4cc2c(c1=O)COC(=O)C2O)C(=O)CO. The van der Waals surface area contributed by atoms with Gasteiger partial charge in [0, 0.05) is 41.6 Å². The maximum Gasteiger partial charge on any atom is 0.340 e. The molecule has 3 aromatic rings. The van der Waals surface area contributed by atoms with E-state index in [-0.39, 0.29) is 47.5 Å². The van der Waals surface area contributed by atoms with Gasteiger partial charge in [-0.3, -0.25) is 9.59 Å². The maximum atomic E-state index is 14.9. The third-order valence-electron chi connectivity index (χ3n) is 8.08. The number of cyclic esters (lactones) is 1. The summed E-state index contributed by atoms with van der Waals surface area (Å²) in [7, 11) is 0. The number of hydrogen-bond donors (Lipinski definition) is 2. The molecule has 2 aromatic heterocycles. The van der Waals surface area contributed by atoms with E-state index in [1.165, 1.54) is 6.07 Å². The number of nitrogens with zero attached hydrogens (tertiary/aromatic N) is 3. The Morgan fingerprint density at radius 2 is 1.97 bits per heavy atom. The molecule has 4 heterocycles. The summed E-state index contributed by atoms with van der Waals surface area (Å²) in [6.07, 6.45) is -0.274. The summed E-state index contributed by atoms with van der Waals surface area (Å²) in [6.45, 7) is 7.84. The molecule has 0 spiro atoms. The van der Waals surface area contributed by atoms with Gasteiger partial charge in [0.1, 0.15) is 19.0 Å². The predicted octanol–water partition coefficient (Wildman–Crippen LogP) is 2.86. The van der Waals surface area contributed by atoms with Crippen LogP contribution in [0.1, 0.15) is 72.6 Å². The molecule has 39 heavy (non-hydrogen) atoms. The topological polar surface area (TPSA) is 122 Å². The number of amides is 1. The molecule has 2 unspecified atom stereocenters. The smallest absolute Gasteiger partial charge is 0.340 e. The molecule has 1 aromatic carbocycles. The van der Waals surface area contributed by atoms with E-state index >= 15 is 0 Å². The molecule has 1 amide bonds. The Labute approximate surface area is 224 Å². The zero-order chi connectivity index (χ0) is 28.2. The first-order chi connectivity index (χ1) is 18.7. The normalized spacial score (nSPS) is 18.5. The quantitative estimate of drug-likeness (QED) is 0.384. The van der Waals surface area contributed by atoms with E-state index in [0.717, 1.165) is 22.1 Å². The fraction of sp³-hybridized carbons (Fsp3) is 0.448. The number of aryl methyl sites for hydroxylation is 1. The highest BCUT2D eigenvalue weighted by atomic mass is 19.1. The van der Waals surface area contributed by atoms with Gasteiger partial charge in [0.2, 0.25) is 5.91 Å². The molecule has 2 atom stereocenters. The summed E-state index contributed by atoms with van der Waals surface area (Å²) in [5, 5.41) is 20.7. The lowest BCUT2D eigenvalue weighted by Crippen LogP contribution is -2.37. The molecule has 6 rings (SSSR count). The summed E-state index contributed by atoms with van der Waals surface area (Å²) >= 11 is 0. The Morgan fingerprint density at radius 3 is 2.67 bits per heavy atom. The molecule has 1 aliphatic carbocycles. The van der Waals surface area contributed by atoms with Crippen molar-refractivity contribution in [3.05, 3.63) is 61.7 Å². The highest BCUT2D eigenvalue weighted by Gasteiger charge is 2.37. The molecule has 3 aliphatic rings. The van der Waals surface area contributed by atoms with E-state index in [1.807, 2.05) is 20.8 Å². The predicted molar refractivity (Wildman–Crippen MR) is 142 cm³/mol. The van der Waals surface area contributed by atoms with Gasteiger partial charge in [-0.05, 0) is 49.4 Å². The molecule has 0 saturated carbocycles. The number of carbonyl (C=O) groups is 2. The average molecular weight is 538 g/mol. The first-order valence-electron chi connectivity index (χ1n) is 13.4. The zero-order valence-electron chi connectivity index (χ0n) is 22.5. The second-order valence-corrected chi connectivity index (χ2v) is 9.90. The summed E-state index contributed by atoms with van der Waals surface area (Å²) in [4.78, 5) is 44.2. The standard InChI is InChI=1S/C27H26FN3O6.C2H6/c1-3-30(21(33)10-32)8-13-4-5-14-12(2)18(28)7-19-23(14)22(13)16-9-31-20(24(16)29-19)6-15-17(26(31)35)11-37-27(36)25(15)34;1-2/h6-7,13,25,32,34H,3-5,8-11H2,1-2H3;1-2H3. The minimum absolute atomic E-state index is 0.109. The summed E-state index contributed by atoms with van der Waals surface area (Å²) in [6, 6.07) is 3.01. The number of aliphatic hydroxyl groups excluding tert-OH is 2. The number of aliphatic hydroxyl groups is 2. The number of rotatable bonds is 4. The van der Waals surface area contributed by atoms with E-state index in [0.29, 0.717) is 48.4 Å². The van der Waals surface area contributed by atoms with Gasteiger partial charge < -0.3 is 24.4 Å². The molecular weight excluding hydrogens is 505 g/mol. The summed E-state index contributed by atoms with van der Waals surface area (Å²) < 4.78 is 21.5. The van der Waals surface area contributed by atoms with Crippen molar-refractivity contribution in [2.45, 2.75) is 65.7 Å². The number of esters is 1. The third-order valence-corrected chi connectivity index (χ3v) is 8.08. The van der Waals surface area contributed by atoms with Crippen molar-refractivity contribution in [1.29, 1.82) is 0 Å². The fourth-order valence-electron chi connectivity index (χ4n) is 6.15. The minimum atomic E-state index is -1.56. The van der Waals surface area contributed by atoms with Crippen molar-refractivity contribution in [3.8, 4) is 11.4 Å². The molecule has 0 bridgehead atoms. The molecule has 9 nitrogen and oxygen atoms in total.